The lowest BCUT2D eigenvalue weighted by Gasteiger charge is -2.34. The number of likely N-dealkylation sites (N-methyl/N-ethyl adjacent to an activating group) is 1. The number of alkyl halides is 2. The van der Waals surface area contributed by atoms with Gasteiger partial charge in [0.25, 0.3) is 0 Å². The van der Waals surface area contributed by atoms with Gasteiger partial charge >= 0.3 is 0 Å². The molecule has 1 aromatic heterocycles. The highest BCUT2D eigenvalue weighted by molar-refractivity contribution is 6.44. The smallest absolute Gasteiger partial charge is 0.134 e. The Morgan fingerprint density at radius 1 is 1.37 bits per heavy atom. The molecule has 0 aliphatic rings. The Labute approximate surface area is 122 Å². The molecule has 0 aliphatic heterocycles. The van der Waals surface area contributed by atoms with E-state index in [1.807, 2.05) is 31.2 Å². The lowest BCUT2D eigenvalue weighted by atomic mass is 9.88. The van der Waals surface area contributed by atoms with Crippen molar-refractivity contribution in [1.29, 1.82) is 0 Å². The van der Waals surface area contributed by atoms with E-state index in [4.69, 9.17) is 27.6 Å². The zero-order chi connectivity index (χ0) is 14.0. The number of hydrogen-bond donors (Lipinski definition) is 2. The standard InChI is InChI=1S/C14H17Cl2NO2/c1-3-17-12(13(15)16)14(2,18)10-5-4-9-6-7-19-11(9)8-10/h4-8,12-13,17-18H,3H2,1-2H3. The highest BCUT2D eigenvalue weighted by atomic mass is 35.5. The van der Waals surface area contributed by atoms with E-state index in [9.17, 15) is 5.11 Å². The largest absolute Gasteiger partial charge is 0.464 e. The maximum Gasteiger partial charge on any atom is 0.134 e. The van der Waals surface area contributed by atoms with Crippen molar-refractivity contribution in [1.82, 2.24) is 5.32 Å². The van der Waals surface area contributed by atoms with Crippen molar-refractivity contribution in [2.75, 3.05) is 6.54 Å². The monoisotopic (exact) mass is 301 g/mol. The topological polar surface area (TPSA) is 45.4 Å². The highest BCUT2D eigenvalue weighted by Gasteiger charge is 2.37. The van der Waals surface area contributed by atoms with Crippen LogP contribution in [0.2, 0.25) is 0 Å². The van der Waals surface area contributed by atoms with Gasteiger partial charge in [0.2, 0.25) is 0 Å². The van der Waals surface area contributed by atoms with E-state index in [2.05, 4.69) is 5.32 Å². The predicted octanol–water partition coefficient (Wildman–Crippen LogP) is 3.42. The van der Waals surface area contributed by atoms with Crippen molar-refractivity contribution in [3.05, 3.63) is 36.1 Å². The van der Waals surface area contributed by atoms with Crippen LogP contribution in [0.25, 0.3) is 11.0 Å². The lowest BCUT2D eigenvalue weighted by molar-refractivity contribution is 0.0203. The molecule has 2 N–H and O–H groups in total. The van der Waals surface area contributed by atoms with Crippen molar-refractivity contribution < 1.29 is 9.52 Å². The molecular weight excluding hydrogens is 285 g/mol. The first-order valence-corrected chi connectivity index (χ1v) is 7.05. The van der Waals surface area contributed by atoms with Crippen molar-refractivity contribution in [3.8, 4) is 0 Å². The van der Waals surface area contributed by atoms with E-state index in [0.717, 1.165) is 11.0 Å². The maximum atomic E-state index is 10.8. The van der Waals surface area contributed by atoms with Gasteiger partial charge in [-0.15, -0.1) is 23.2 Å². The molecule has 1 heterocycles. The number of rotatable bonds is 5. The second-order valence-electron chi connectivity index (χ2n) is 4.69. The summed E-state index contributed by atoms with van der Waals surface area (Å²) in [6.45, 7) is 4.30. The Kier molecular flexibility index (Phi) is 4.41. The van der Waals surface area contributed by atoms with Crippen LogP contribution < -0.4 is 5.32 Å². The van der Waals surface area contributed by atoms with Gasteiger partial charge in [-0.3, -0.25) is 0 Å². The van der Waals surface area contributed by atoms with E-state index in [-0.39, 0.29) is 0 Å². The van der Waals surface area contributed by atoms with Crippen molar-refractivity contribution >= 4 is 34.2 Å². The summed E-state index contributed by atoms with van der Waals surface area (Å²) in [7, 11) is 0. The molecule has 0 fully saturated rings. The molecule has 0 bridgehead atoms. The zero-order valence-corrected chi connectivity index (χ0v) is 12.4. The van der Waals surface area contributed by atoms with Gasteiger partial charge in [-0.1, -0.05) is 19.1 Å². The third kappa shape index (κ3) is 2.90. The molecular formula is C14H17Cl2NO2. The van der Waals surface area contributed by atoms with Crippen LogP contribution in [0.15, 0.2) is 34.9 Å². The summed E-state index contributed by atoms with van der Waals surface area (Å²) >= 11 is 11.9. The third-order valence-electron chi connectivity index (χ3n) is 3.32. The van der Waals surface area contributed by atoms with Gasteiger partial charge in [0.15, 0.2) is 0 Å². The molecule has 0 amide bonds. The first-order valence-electron chi connectivity index (χ1n) is 6.18. The fourth-order valence-electron chi connectivity index (χ4n) is 2.20. The molecule has 2 atom stereocenters. The Hall–Kier alpha value is -0.740. The maximum absolute atomic E-state index is 10.8. The average Bonchev–Trinajstić information content (AvgIpc) is 2.82. The summed E-state index contributed by atoms with van der Waals surface area (Å²) in [4.78, 5) is -0.720. The zero-order valence-electron chi connectivity index (χ0n) is 10.9. The third-order valence-corrected chi connectivity index (χ3v) is 3.83. The minimum atomic E-state index is -1.19. The number of benzene rings is 1. The first-order chi connectivity index (χ1) is 8.96. The van der Waals surface area contributed by atoms with Crippen LogP contribution in [0.4, 0.5) is 0 Å². The van der Waals surface area contributed by atoms with E-state index < -0.39 is 16.5 Å². The molecule has 2 aromatic rings. The first kappa shape index (κ1) is 14.7. The summed E-state index contributed by atoms with van der Waals surface area (Å²) < 4.78 is 5.36. The van der Waals surface area contributed by atoms with E-state index in [0.29, 0.717) is 12.1 Å². The number of fused-ring (bicyclic) bond motifs is 1. The number of nitrogens with one attached hydrogen (secondary N) is 1. The number of halogens is 2. The normalized spacial score (nSPS) is 16.7. The van der Waals surface area contributed by atoms with Gasteiger partial charge in [0.05, 0.1) is 12.3 Å². The van der Waals surface area contributed by atoms with Gasteiger partial charge in [0, 0.05) is 5.39 Å². The fraction of sp³-hybridized carbons (Fsp3) is 0.429. The molecule has 0 saturated carbocycles. The second kappa shape index (κ2) is 5.71. The molecule has 19 heavy (non-hydrogen) atoms. The second-order valence-corrected chi connectivity index (χ2v) is 5.85. The molecule has 0 spiro atoms. The summed E-state index contributed by atoms with van der Waals surface area (Å²) in [5, 5.41) is 14.9. The van der Waals surface area contributed by atoms with Crippen LogP contribution in [0.1, 0.15) is 19.4 Å². The van der Waals surface area contributed by atoms with Crippen LogP contribution in [-0.2, 0) is 5.60 Å². The molecule has 104 valence electrons. The Morgan fingerprint density at radius 2 is 2.11 bits per heavy atom. The molecule has 0 aliphatic carbocycles. The Bertz CT molecular complexity index is 551. The van der Waals surface area contributed by atoms with E-state index in [1.54, 1.807) is 13.2 Å². The SMILES string of the molecule is CCNC(C(Cl)Cl)C(C)(O)c1ccc2ccoc2c1. The van der Waals surface area contributed by atoms with Crippen molar-refractivity contribution in [3.63, 3.8) is 0 Å². The quantitative estimate of drug-likeness (QED) is 0.832. The van der Waals surface area contributed by atoms with Gasteiger partial charge in [-0.25, -0.2) is 0 Å². The molecule has 3 nitrogen and oxygen atoms in total. The molecule has 0 saturated heterocycles. The van der Waals surface area contributed by atoms with Crippen molar-refractivity contribution in [2.24, 2.45) is 0 Å². The molecule has 2 unspecified atom stereocenters. The van der Waals surface area contributed by atoms with Crippen LogP contribution in [0, 0.1) is 0 Å². The predicted molar refractivity (Wildman–Crippen MR) is 78.7 cm³/mol. The minimum absolute atomic E-state index is 0.465. The van der Waals surface area contributed by atoms with Crippen LogP contribution in [0.3, 0.4) is 0 Å². The fourth-order valence-corrected chi connectivity index (χ4v) is 2.87. The average molecular weight is 302 g/mol. The number of hydrogen-bond acceptors (Lipinski definition) is 3. The molecule has 2 rings (SSSR count). The van der Waals surface area contributed by atoms with Gasteiger partial charge in [0.1, 0.15) is 16.0 Å². The summed E-state index contributed by atoms with van der Waals surface area (Å²) in [5.41, 5.74) is 0.256. The van der Waals surface area contributed by atoms with Gasteiger partial charge < -0.3 is 14.8 Å². The van der Waals surface area contributed by atoms with E-state index in [1.165, 1.54) is 0 Å². The van der Waals surface area contributed by atoms with Crippen LogP contribution >= 0.6 is 23.2 Å². The molecule has 1 aromatic carbocycles. The van der Waals surface area contributed by atoms with Crippen LogP contribution in [0.5, 0.6) is 0 Å². The number of furan rings is 1. The van der Waals surface area contributed by atoms with Gasteiger partial charge in [-0.05, 0) is 31.2 Å². The lowest BCUT2D eigenvalue weighted by Crippen LogP contribution is -2.50. The van der Waals surface area contributed by atoms with E-state index >= 15 is 0 Å². The summed E-state index contributed by atoms with van der Waals surface area (Å²) in [6, 6.07) is 6.99. The van der Waals surface area contributed by atoms with Crippen LogP contribution in [-0.4, -0.2) is 22.5 Å². The minimum Gasteiger partial charge on any atom is -0.464 e. The highest BCUT2D eigenvalue weighted by Crippen LogP contribution is 2.32. The Balaban J connectivity index is 2.40. The summed E-state index contributed by atoms with van der Waals surface area (Å²) in [6.07, 6.45) is 1.62. The summed E-state index contributed by atoms with van der Waals surface area (Å²) in [5.74, 6) is 0. The Morgan fingerprint density at radius 3 is 2.74 bits per heavy atom. The number of aliphatic hydroxyl groups is 1. The molecule has 5 heteroatoms. The van der Waals surface area contributed by atoms with Gasteiger partial charge in [-0.2, -0.15) is 0 Å². The molecule has 0 radical (unpaired) electrons. The van der Waals surface area contributed by atoms with Crippen molar-refractivity contribution in [2.45, 2.75) is 30.3 Å².